The predicted octanol–water partition coefficient (Wildman–Crippen LogP) is 5.39. The van der Waals surface area contributed by atoms with Gasteiger partial charge in [0.2, 0.25) is 5.88 Å². The molecule has 29 heavy (non-hydrogen) atoms. The van der Waals surface area contributed by atoms with Gasteiger partial charge in [0.15, 0.2) is 0 Å². The Morgan fingerprint density at radius 3 is 2.34 bits per heavy atom. The van der Waals surface area contributed by atoms with Gasteiger partial charge in [-0.1, -0.05) is 56.0 Å². The minimum Gasteiger partial charge on any atom is -0.439 e. The topological polar surface area (TPSA) is 64.1 Å². The van der Waals surface area contributed by atoms with Crippen molar-refractivity contribution < 1.29 is 9.53 Å². The van der Waals surface area contributed by atoms with E-state index in [0.29, 0.717) is 17.5 Å². The van der Waals surface area contributed by atoms with Crippen molar-refractivity contribution in [3.05, 3.63) is 72.6 Å². The first-order chi connectivity index (χ1) is 14.3. The molecule has 1 aliphatic rings. The second-order valence-electron chi connectivity index (χ2n) is 7.40. The van der Waals surface area contributed by atoms with Crippen LogP contribution in [0.1, 0.15) is 48.9 Å². The molecule has 4 rings (SSSR count). The van der Waals surface area contributed by atoms with Gasteiger partial charge in [-0.3, -0.25) is 4.79 Å². The molecule has 5 nitrogen and oxygen atoms in total. The molecule has 0 atom stereocenters. The van der Waals surface area contributed by atoms with Crippen LogP contribution in [0.4, 0.5) is 0 Å². The van der Waals surface area contributed by atoms with Crippen LogP contribution in [0.25, 0.3) is 11.3 Å². The van der Waals surface area contributed by atoms with Gasteiger partial charge in [-0.05, 0) is 37.1 Å². The second-order valence-corrected chi connectivity index (χ2v) is 7.40. The highest BCUT2D eigenvalue weighted by Crippen LogP contribution is 2.24. The maximum Gasteiger partial charge on any atom is 0.251 e. The average Bonchev–Trinajstić information content (AvgIpc) is 3.03. The number of para-hydroxylation sites is 1. The van der Waals surface area contributed by atoms with Gasteiger partial charge in [-0.15, -0.1) is 0 Å². The van der Waals surface area contributed by atoms with Crippen LogP contribution >= 0.6 is 0 Å². The molecule has 1 aliphatic carbocycles. The number of hydrogen-bond acceptors (Lipinski definition) is 4. The Bertz CT molecular complexity index is 934. The number of benzene rings is 2. The lowest BCUT2D eigenvalue weighted by Gasteiger charge is -2.16. The molecule has 0 saturated heterocycles. The molecular weight excluding hydrogens is 362 g/mol. The van der Waals surface area contributed by atoms with Crippen LogP contribution in [0, 0.1) is 0 Å². The average molecular weight is 387 g/mol. The summed E-state index contributed by atoms with van der Waals surface area (Å²) in [6.45, 7) is 0. The third-order valence-electron chi connectivity index (χ3n) is 5.24. The number of hydrogen-bond donors (Lipinski definition) is 1. The van der Waals surface area contributed by atoms with Crippen molar-refractivity contribution in [1.29, 1.82) is 0 Å². The van der Waals surface area contributed by atoms with E-state index in [2.05, 4.69) is 15.3 Å². The van der Waals surface area contributed by atoms with Crippen LogP contribution in [-0.4, -0.2) is 21.9 Å². The van der Waals surface area contributed by atoms with Gasteiger partial charge in [-0.2, -0.15) is 0 Å². The fourth-order valence-corrected chi connectivity index (χ4v) is 3.65. The standard InChI is InChI=1S/C24H25N3O2/c28-24(27-20-8-4-1-2-5-9-20)19-14-12-18(13-15-19)22-16-23(26-17-25-22)29-21-10-6-3-7-11-21/h3,6-7,10-17,20H,1-2,4-5,8-9H2,(H,27,28). The number of aromatic nitrogens is 2. The largest absolute Gasteiger partial charge is 0.439 e. The number of nitrogens with one attached hydrogen (secondary N) is 1. The van der Waals surface area contributed by atoms with Crippen LogP contribution in [0.2, 0.25) is 0 Å². The third-order valence-corrected chi connectivity index (χ3v) is 5.24. The highest BCUT2D eigenvalue weighted by atomic mass is 16.5. The van der Waals surface area contributed by atoms with Crippen molar-refractivity contribution in [3.8, 4) is 22.9 Å². The Labute approximate surface area is 171 Å². The molecule has 1 N–H and O–H groups in total. The normalized spacial score (nSPS) is 14.8. The SMILES string of the molecule is O=C(NC1CCCCCC1)c1ccc(-c2cc(Oc3ccccc3)ncn2)cc1. The number of amides is 1. The molecule has 1 saturated carbocycles. The Balaban J connectivity index is 1.43. The van der Waals surface area contributed by atoms with E-state index in [1.165, 1.54) is 32.0 Å². The van der Waals surface area contributed by atoms with Crippen molar-refractivity contribution in [1.82, 2.24) is 15.3 Å². The van der Waals surface area contributed by atoms with E-state index in [9.17, 15) is 4.79 Å². The van der Waals surface area contributed by atoms with Gasteiger partial charge in [0.1, 0.15) is 12.1 Å². The Kier molecular flexibility index (Phi) is 6.15. The van der Waals surface area contributed by atoms with E-state index < -0.39 is 0 Å². The minimum atomic E-state index is -0.000706. The Hall–Kier alpha value is -3.21. The molecule has 1 heterocycles. The van der Waals surface area contributed by atoms with Gasteiger partial charge in [0, 0.05) is 23.2 Å². The van der Waals surface area contributed by atoms with Crippen LogP contribution in [-0.2, 0) is 0 Å². The van der Waals surface area contributed by atoms with Gasteiger partial charge in [0.25, 0.3) is 5.91 Å². The van der Waals surface area contributed by atoms with Crippen molar-refractivity contribution in [3.63, 3.8) is 0 Å². The summed E-state index contributed by atoms with van der Waals surface area (Å²) in [6, 6.07) is 19.1. The fraction of sp³-hybridized carbons (Fsp3) is 0.292. The molecule has 1 fully saturated rings. The zero-order valence-electron chi connectivity index (χ0n) is 16.4. The van der Waals surface area contributed by atoms with Gasteiger partial charge >= 0.3 is 0 Å². The fourth-order valence-electron chi connectivity index (χ4n) is 3.65. The second kappa shape index (κ2) is 9.32. The number of nitrogens with zero attached hydrogens (tertiary/aromatic N) is 2. The van der Waals surface area contributed by atoms with Crippen LogP contribution in [0.5, 0.6) is 11.6 Å². The Morgan fingerprint density at radius 1 is 0.897 bits per heavy atom. The summed E-state index contributed by atoms with van der Waals surface area (Å²) in [5.74, 6) is 1.21. The number of ether oxygens (including phenoxy) is 1. The molecule has 1 aromatic heterocycles. The minimum absolute atomic E-state index is 0.000706. The van der Waals surface area contributed by atoms with Crippen LogP contribution in [0.3, 0.4) is 0 Å². The molecule has 0 aliphatic heterocycles. The van der Waals surface area contributed by atoms with Crippen LogP contribution in [0.15, 0.2) is 67.0 Å². The van der Waals surface area contributed by atoms with E-state index in [1.54, 1.807) is 6.07 Å². The zero-order chi connectivity index (χ0) is 19.9. The molecule has 0 bridgehead atoms. The van der Waals surface area contributed by atoms with Gasteiger partial charge in [-0.25, -0.2) is 9.97 Å². The molecule has 2 aromatic carbocycles. The van der Waals surface area contributed by atoms with E-state index in [1.807, 2.05) is 54.6 Å². The summed E-state index contributed by atoms with van der Waals surface area (Å²) in [5, 5.41) is 3.19. The number of rotatable bonds is 5. The van der Waals surface area contributed by atoms with Crippen molar-refractivity contribution in [2.24, 2.45) is 0 Å². The third kappa shape index (κ3) is 5.19. The summed E-state index contributed by atoms with van der Waals surface area (Å²) >= 11 is 0. The Morgan fingerprint density at radius 2 is 1.62 bits per heavy atom. The number of carbonyl (C=O) groups is 1. The molecule has 3 aromatic rings. The molecule has 0 radical (unpaired) electrons. The molecule has 0 unspecified atom stereocenters. The summed E-state index contributed by atoms with van der Waals surface area (Å²) in [7, 11) is 0. The lowest BCUT2D eigenvalue weighted by Crippen LogP contribution is -2.34. The summed E-state index contributed by atoms with van der Waals surface area (Å²) in [5.41, 5.74) is 2.34. The summed E-state index contributed by atoms with van der Waals surface area (Å²) in [6.07, 6.45) is 8.59. The first kappa shape index (κ1) is 19.1. The highest BCUT2D eigenvalue weighted by molar-refractivity contribution is 5.94. The molecule has 0 spiro atoms. The van der Waals surface area contributed by atoms with Crippen molar-refractivity contribution in [2.75, 3.05) is 0 Å². The monoisotopic (exact) mass is 387 g/mol. The lowest BCUT2D eigenvalue weighted by molar-refractivity contribution is 0.0933. The van der Waals surface area contributed by atoms with E-state index in [4.69, 9.17) is 4.74 Å². The van der Waals surface area contributed by atoms with Gasteiger partial charge < -0.3 is 10.1 Å². The smallest absolute Gasteiger partial charge is 0.251 e. The van der Waals surface area contributed by atoms with E-state index >= 15 is 0 Å². The molecule has 5 heteroatoms. The quantitative estimate of drug-likeness (QED) is 0.596. The maximum atomic E-state index is 12.6. The first-order valence-corrected chi connectivity index (χ1v) is 10.2. The molecule has 148 valence electrons. The van der Waals surface area contributed by atoms with E-state index in [-0.39, 0.29) is 5.91 Å². The predicted molar refractivity (Wildman–Crippen MR) is 113 cm³/mol. The van der Waals surface area contributed by atoms with Crippen molar-refractivity contribution in [2.45, 2.75) is 44.6 Å². The number of carbonyl (C=O) groups excluding carboxylic acids is 1. The van der Waals surface area contributed by atoms with Crippen LogP contribution < -0.4 is 10.1 Å². The van der Waals surface area contributed by atoms with Crippen molar-refractivity contribution >= 4 is 5.91 Å². The lowest BCUT2D eigenvalue weighted by atomic mass is 10.1. The maximum absolute atomic E-state index is 12.6. The summed E-state index contributed by atoms with van der Waals surface area (Å²) in [4.78, 5) is 21.1. The zero-order valence-corrected chi connectivity index (χ0v) is 16.4. The highest BCUT2D eigenvalue weighted by Gasteiger charge is 2.16. The van der Waals surface area contributed by atoms with Gasteiger partial charge in [0.05, 0.1) is 5.69 Å². The van der Waals surface area contributed by atoms with E-state index in [0.717, 1.165) is 29.8 Å². The molecule has 1 amide bonds. The summed E-state index contributed by atoms with van der Waals surface area (Å²) < 4.78 is 5.78. The molecular formula is C24H25N3O2. The first-order valence-electron chi connectivity index (χ1n) is 10.2.